The minimum Gasteiger partial charge on any atom is -0.508 e. The first-order valence-electron chi connectivity index (χ1n) is 12.5. The van der Waals surface area contributed by atoms with Crippen LogP contribution in [0.1, 0.15) is 59.8 Å². The zero-order valence-corrected chi connectivity index (χ0v) is 19.3. The highest BCUT2D eigenvalue weighted by molar-refractivity contribution is 5.53. The molecule has 33 heavy (non-hydrogen) atoms. The van der Waals surface area contributed by atoms with E-state index in [0.717, 1.165) is 18.8 Å². The van der Waals surface area contributed by atoms with E-state index in [2.05, 4.69) is 78.2 Å². The minimum absolute atomic E-state index is 0.315. The summed E-state index contributed by atoms with van der Waals surface area (Å²) in [4.78, 5) is 2.59. The molecule has 2 heteroatoms. The van der Waals surface area contributed by atoms with Crippen molar-refractivity contribution in [2.45, 2.75) is 43.9 Å². The number of anilines is 1. The molecule has 0 unspecified atom stereocenters. The summed E-state index contributed by atoms with van der Waals surface area (Å²) in [5.41, 5.74) is 7.33. The van der Waals surface area contributed by atoms with E-state index in [4.69, 9.17) is 0 Å². The highest BCUT2D eigenvalue weighted by Crippen LogP contribution is 2.53. The molecular weight excluding hydrogens is 402 g/mol. The second-order valence-corrected chi connectivity index (χ2v) is 10.6. The second-order valence-electron chi connectivity index (χ2n) is 10.6. The van der Waals surface area contributed by atoms with Crippen LogP contribution in [0.15, 0.2) is 85.5 Å². The van der Waals surface area contributed by atoms with Crippen LogP contribution in [0.2, 0.25) is 0 Å². The predicted molar refractivity (Wildman–Crippen MR) is 136 cm³/mol. The molecule has 0 aromatic heterocycles. The lowest BCUT2D eigenvalue weighted by molar-refractivity contribution is 0.111. The summed E-state index contributed by atoms with van der Waals surface area (Å²) >= 11 is 0. The summed E-state index contributed by atoms with van der Waals surface area (Å²) < 4.78 is 0. The van der Waals surface area contributed by atoms with Crippen LogP contribution in [0.25, 0.3) is 0 Å². The molecule has 0 radical (unpaired) electrons. The number of nitrogens with zero attached hydrogens (tertiary/aromatic N) is 1. The van der Waals surface area contributed by atoms with Crippen molar-refractivity contribution in [2.75, 3.05) is 18.0 Å². The third-order valence-corrected chi connectivity index (χ3v) is 8.60. The van der Waals surface area contributed by atoms with Crippen LogP contribution in [0.3, 0.4) is 0 Å². The molecule has 1 heterocycles. The Kier molecular flexibility index (Phi) is 5.05. The number of fused-ring (bicyclic) bond motifs is 1. The van der Waals surface area contributed by atoms with Gasteiger partial charge in [-0.3, -0.25) is 0 Å². The summed E-state index contributed by atoms with van der Waals surface area (Å²) in [6.07, 6.45) is 8.21. The summed E-state index contributed by atoms with van der Waals surface area (Å²) in [5, 5.41) is 10.1. The van der Waals surface area contributed by atoms with Crippen molar-refractivity contribution in [1.82, 2.24) is 0 Å². The average Bonchev–Trinajstić information content (AvgIpc) is 3.29. The fourth-order valence-electron chi connectivity index (χ4n) is 6.88. The van der Waals surface area contributed by atoms with Gasteiger partial charge in [0, 0.05) is 24.7 Å². The minimum atomic E-state index is 0.315. The lowest BCUT2D eigenvalue weighted by Crippen LogP contribution is -2.38. The molecule has 0 bridgehead atoms. The van der Waals surface area contributed by atoms with Crippen LogP contribution in [0.4, 0.5) is 5.69 Å². The molecule has 3 aromatic rings. The SMILES string of the molecule is C=CC1CC2(CCN(c3ccc([C@@H]4c5ccc(O)cc5CC[C@@H]4c4ccccc4)cc3)C2)C1. The smallest absolute Gasteiger partial charge is 0.115 e. The lowest BCUT2D eigenvalue weighted by Gasteiger charge is -2.44. The van der Waals surface area contributed by atoms with Crippen molar-refractivity contribution in [3.8, 4) is 5.75 Å². The van der Waals surface area contributed by atoms with E-state index in [1.165, 1.54) is 60.3 Å². The van der Waals surface area contributed by atoms with Crippen LogP contribution in [0, 0.1) is 11.3 Å². The Labute approximate surface area is 197 Å². The highest BCUT2D eigenvalue weighted by atomic mass is 16.3. The van der Waals surface area contributed by atoms with Gasteiger partial charge in [-0.1, -0.05) is 54.6 Å². The Bertz CT molecular complexity index is 1140. The van der Waals surface area contributed by atoms with Crippen LogP contribution >= 0.6 is 0 Å². The number of rotatable bonds is 4. The maximum Gasteiger partial charge on any atom is 0.115 e. The van der Waals surface area contributed by atoms with Crippen molar-refractivity contribution < 1.29 is 5.11 Å². The summed E-state index contributed by atoms with van der Waals surface area (Å²) in [7, 11) is 0. The van der Waals surface area contributed by atoms with Gasteiger partial charge in [0.1, 0.15) is 5.75 Å². The Hall–Kier alpha value is -3.00. The third kappa shape index (κ3) is 3.66. The number of phenolic OH excluding ortho intramolecular Hbond substituents is 1. The molecule has 1 N–H and O–H groups in total. The van der Waals surface area contributed by atoms with E-state index in [1.54, 1.807) is 0 Å². The molecule has 6 rings (SSSR count). The van der Waals surface area contributed by atoms with Gasteiger partial charge < -0.3 is 10.0 Å². The van der Waals surface area contributed by atoms with E-state index in [-0.39, 0.29) is 0 Å². The Morgan fingerprint density at radius 3 is 2.48 bits per heavy atom. The number of hydrogen-bond acceptors (Lipinski definition) is 2. The molecule has 0 amide bonds. The van der Waals surface area contributed by atoms with E-state index in [0.29, 0.717) is 23.0 Å². The van der Waals surface area contributed by atoms with Gasteiger partial charge in [0.05, 0.1) is 0 Å². The molecule has 1 saturated heterocycles. The molecule has 3 aromatic carbocycles. The van der Waals surface area contributed by atoms with E-state index in [1.807, 2.05) is 12.1 Å². The van der Waals surface area contributed by atoms with Crippen molar-refractivity contribution in [1.29, 1.82) is 0 Å². The van der Waals surface area contributed by atoms with Crippen molar-refractivity contribution in [2.24, 2.45) is 11.3 Å². The van der Waals surface area contributed by atoms with Crippen LogP contribution in [0.5, 0.6) is 5.75 Å². The number of aryl methyl sites for hydroxylation is 1. The molecule has 2 fully saturated rings. The molecule has 3 aliphatic rings. The number of phenols is 1. The van der Waals surface area contributed by atoms with E-state index in [9.17, 15) is 5.11 Å². The van der Waals surface area contributed by atoms with Crippen molar-refractivity contribution in [3.63, 3.8) is 0 Å². The quantitative estimate of drug-likeness (QED) is 0.444. The topological polar surface area (TPSA) is 23.5 Å². The van der Waals surface area contributed by atoms with Gasteiger partial charge in [-0.15, -0.1) is 6.58 Å². The normalized spacial score (nSPS) is 28.4. The number of benzene rings is 3. The van der Waals surface area contributed by atoms with Gasteiger partial charge in [0.15, 0.2) is 0 Å². The lowest BCUT2D eigenvalue weighted by atomic mass is 9.61. The Balaban J connectivity index is 1.30. The summed E-state index contributed by atoms with van der Waals surface area (Å²) in [6.45, 7) is 6.35. The molecule has 2 atom stereocenters. The van der Waals surface area contributed by atoms with Crippen molar-refractivity contribution in [3.05, 3.63) is 108 Å². The fourth-order valence-corrected chi connectivity index (χ4v) is 6.88. The maximum atomic E-state index is 10.1. The van der Waals surface area contributed by atoms with Crippen LogP contribution < -0.4 is 4.90 Å². The highest BCUT2D eigenvalue weighted by Gasteiger charge is 2.47. The predicted octanol–water partition coefficient (Wildman–Crippen LogP) is 7.05. The first-order chi connectivity index (χ1) is 16.1. The molecule has 1 saturated carbocycles. The van der Waals surface area contributed by atoms with Gasteiger partial charge in [-0.05, 0) is 95.9 Å². The van der Waals surface area contributed by atoms with Gasteiger partial charge in [-0.2, -0.15) is 0 Å². The molecule has 1 spiro atoms. The number of hydrogen-bond donors (Lipinski definition) is 1. The van der Waals surface area contributed by atoms with E-state index < -0.39 is 0 Å². The van der Waals surface area contributed by atoms with Gasteiger partial charge in [0.25, 0.3) is 0 Å². The summed E-state index contributed by atoms with van der Waals surface area (Å²) in [5.74, 6) is 1.87. The number of aromatic hydroxyl groups is 1. The first-order valence-corrected chi connectivity index (χ1v) is 12.5. The Morgan fingerprint density at radius 1 is 0.939 bits per heavy atom. The zero-order valence-electron chi connectivity index (χ0n) is 19.3. The maximum absolute atomic E-state index is 10.1. The van der Waals surface area contributed by atoms with E-state index >= 15 is 0 Å². The third-order valence-electron chi connectivity index (χ3n) is 8.60. The molecular formula is C31H33NO. The molecule has 168 valence electrons. The van der Waals surface area contributed by atoms with Gasteiger partial charge in [0.2, 0.25) is 0 Å². The fraction of sp³-hybridized carbons (Fsp3) is 0.355. The van der Waals surface area contributed by atoms with Gasteiger partial charge >= 0.3 is 0 Å². The molecule has 2 nitrogen and oxygen atoms in total. The molecule has 2 aliphatic carbocycles. The van der Waals surface area contributed by atoms with Gasteiger partial charge in [-0.25, -0.2) is 0 Å². The monoisotopic (exact) mass is 435 g/mol. The second kappa shape index (κ2) is 8.09. The van der Waals surface area contributed by atoms with Crippen molar-refractivity contribution >= 4 is 5.69 Å². The Morgan fingerprint density at radius 2 is 1.73 bits per heavy atom. The first kappa shape index (κ1) is 20.6. The summed E-state index contributed by atoms with van der Waals surface area (Å²) in [6, 6.07) is 26.3. The standard InChI is InChI=1S/C31H33NO/c1-2-22-19-31(20-22)16-17-32(21-31)26-11-8-24(9-12-26)30-28(23-6-4-3-5-7-23)14-10-25-18-27(33)13-15-29(25)30/h2-9,11-13,15,18,22,28,30,33H,1,10,14,16-17,19-21H2/t22?,28-,30+,31?/m1/s1. The largest absolute Gasteiger partial charge is 0.508 e. The van der Waals surface area contributed by atoms with Crippen LogP contribution in [-0.4, -0.2) is 18.2 Å². The van der Waals surface area contributed by atoms with Crippen LogP contribution in [-0.2, 0) is 6.42 Å². The number of allylic oxidation sites excluding steroid dienone is 1. The zero-order chi connectivity index (χ0) is 22.4. The average molecular weight is 436 g/mol. The molecule has 1 aliphatic heterocycles.